The Kier molecular flexibility index (Phi) is 3.08. The van der Waals surface area contributed by atoms with Gasteiger partial charge < -0.3 is 9.32 Å². The molecule has 0 N–H and O–H groups in total. The van der Waals surface area contributed by atoms with Crippen LogP contribution in [0, 0.1) is 5.41 Å². The van der Waals surface area contributed by atoms with Crippen LogP contribution in [-0.2, 0) is 6.54 Å². The molecule has 1 amide bonds. The van der Waals surface area contributed by atoms with Crippen LogP contribution in [0.2, 0.25) is 0 Å². The van der Waals surface area contributed by atoms with Gasteiger partial charge in [0.05, 0.1) is 18.0 Å². The average Bonchev–Trinajstić information content (AvgIpc) is 3.19. The van der Waals surface area contributed by atoms with E-state index >= 15 is 0 Å². The highest BCUT2D eigenvalue weighted by Gasteiger charge is 2.48. The van der Waals surface area contributed by atoms with Gasteiger partial charge in [-0.25, -0.2) is 4.98 Å². The van der Waals surface area contributed by atoms with E-state index < -0.39 is 0 Å². The summed E-state index contributed by atoms with van der Waals surface area (Å²) in [5, 5.41) is 1.83. The molecule has 2 saturated heterocycles. The van der Waals surface area contributed by atoms with Crippen LogP contribution in [0.3, 0.4) is 0 Å². The highest BCUT2D eigenvalue weighted by Crippen LogP contribution is 2.40. The van der Waals surface area contributed by atoms with E-state index in [-0.39, 0.29) is 5.91 Å². The lowest BCUT2D eigenvalue weighted by Gasteiger charge is -2.48. The molecule has 0 aromatic carbocycles. The molecule has 4 heterocycles. The minimum atomic E-state index is 0.0846. The molecule has 0 aliphatic carbocycles. The van der Waals surface area contributed by atoms with Crippen molar-refractivity contribution in [3.05, 3.63) is 40.7 Å². The number of rotatable bonds is 3. The molecule has 2 aliphatic heterocycles. The molecule has 110 valence electrons. The number of hydrogen-bond acceptors (Lipinski definition) is 5. The largest absolute Gasteiger partial charge is 0.472 e. The fourth-order valence-corrected chi connectivity index (χ4v) is 4.03. The van der Waals surface area contributed by atoms with E-state index in [1.165, 1.54) is 16.9 Å². The molecule has 2 fully saturated rings. The Hall–Kier alpha value is -1.66. The molecule has 0 bridgehead atoms. The van der Waals surface area contributed by atoms with Crippen molar-refractivity contribution in [3.8, 4) is 0 Å². The van der Waals surface area contributed by atoms with Crippen molar-refractivity contribution in [2.45, 2.75) is 13.0 Å². The fraction of sp³-hybridized carbons (Fsp3) is 0.467. The lowest BCUT2D eigenvalue weighted by molar-refractivity contribution is 0.00246. The number of carbonyl (C=O) groups excluding carboxylic acids is 1. The van der Waals surface area contributed by atoms with E-state index in [1.54, 1.807) is 18.0 Å². The number of hydrogen-bond donors (Lipinski definition) is 0. The van der Waals surface area contributed by atoms with Crippen LogP contribution in [-0.4, -0.2) is 46.9 Å². The zero-order valence-corrected chi connectivity index (χ0v) is 12.5. The fourth-order valence-electron chi connectivity index (χ4n) is 3.50. The van der Waals surface area contributed by atoms with E-state index in [2.05, 4.69) is 9.88 Å². The number of carbonyl (C=O) groups is 1. The van der Waals surface area contributed by atoms with Crippen LogP contribution < -0.4 is 0 Å². The van der Waals surface area contributed by atoms with E-state index in [4.69, 9.17) is 4.42 Å². The lowest BCUT2D eigenvalue weighted by Crippen LogP contribution is -2.57. The minimum Gasteiger partial charge on any atom is -0.472 e. The Labute approximate surface area is 127 Å². The Morgan fingerprint density at radius 3 is 3.05 bits per heavy atom. The van der Waals surface area contributed by atoms with Gasteiger partial charge in [0, 0.05) is 49.1 Å². The van der Waals surface area contributed by atoms with Crippen molar-refractivity contribution in [2.75, 3.05) is 26.2 Å². The summed E-state index contributed by atoms with van der Waals surface area (Å²) in [6.45, 7) is 4.80. The first kappa shape index (κ1) is 13.0. The van der Waals surface area contributed by atoms with Crippen LogP contribution in [0.4, 0.5) is 0 Å². The first-order valence-electron chi connectivity index (χ1n) is 7.15. The number of nitrogens with zero attached hydrogens (tertiary/aromatic N) is 3. The molecular weight excluding hydrogens is 286 g/mol. The maximum Gasteiger partial charge on any atom is 0.273 e. The third kappa shape index (κ3) is 2.38. The van der Waals surface area contributed by atoms with Crippen LogP contribution >= 0.6 is 11.3 Å². The predicted octanol–water partition coefficient (Wildman–Crippen LogP) is 2.08. The monoisotopic (exact) mass is 303 g/mol. The maximum atomic E-state index is 12.3. The van der Waals surface area contributed by atoms with Gasteiger partial charge in [0.15, 0.2) is 0 Å². The molecular formula is C15H17N3O2S. The number of furan rings is 1. The van der Waals surface area contributed by atoms with Crippen LogP contribution in [0.1, 0.15) is 22.5 Å². The van der Waals surface area contributed by atoms with Gasteiger partial charge in [0.1, 0.15) is 5.69 Å². The third-order valence-corrected chi connectivity index (χ3v) is 5.07. The summed E-state index contributed by atoms with van der Waals surface area (Å²) < 4.78 is 5.11. The molecule has 4 rings (SSSR count). The smallest absolute Gasteiger partial charge is 0.273 e. The zero-order valence-electron chi connectivity index (χ0n) is 11.7. The van der Waals surface area contributed by atoms with Crippen molar-refractivity contribution < 1.29 is 9.21 Å². The molecule has 5 nitrogen and oxygen atoms in total. The maximum absolute atomic E-state index is 12.3. The molecule has 21 heavy (non-hydrogen) atoms. The van der Waals surface area contributed by atoms with Gasteiger partial charge in [0.25, 0.3) is 5.91 Å². The first-order valence-corrected chi connectivity index (χ1v) is 8.09. The van der Waals surface area contributed by atoms with Crippen LogP contribution in [0.15, 0.2) is 33.9 Å². The number of likely N-dealkylation sites (tertiary alicyclic amines) is 2. The standard InChI is InChI=1S/C15H17N3O2S/c19-14(13-7-21-11-16-13)18-3-2-15(10-18)8-17(9-15)5-12-1-4-20-6-12/h1,4,6-7,11H,2-3,5,8-10H2. The topological polar surface area (TPSA) is 49.6 Å². The normalized spacial score (nSPS) is 20.9. The summed E-state index contributed by atoms with van der Waals surface area (Å²) in [5.41, 5.74) is 3.83. The Balaban J connectivity index is 1.34. The predicted molar refractivity (Wildman–Crippen MR) is 79.1 cm³/mol. The quantitative estimate of drug-likeness (QED) is 0.871. The first-order chi connectivity index (χ1) is 10.2. The Bertz CT molecular complexity index is 617. The highest BCUT2D eigenvalue weighted by atomic mass is 32.1. The van der Waals surface area contributed by atoms with Crippen molar-refractivity contribution in [3.63, 3.8) is 0 Å². The van der Waals surface area contributed by atoms with E-state index in [0.717, 1.165) is 39.1 Å². The van der Waals surface area contributed by atoms with Crippen molar-refractivity contribution >= 4 is 17.2 Å². The molecule has 1 spiro atoms. The summed E-state index contributed by atoms with van der Waals surface area (Å²) in [4.78, 5) is 20.8. The summed E-state index contributed by atoms with van der Waals surface area (Å²) in [6.07, 6.45) is 4.62. The SMILES string of the molecule is O=C(c1cscn1)N1CCC2(CN(Cc3ccoc3)C2)C1. The van der Waals surface area contributed by atoms with Crippen molar-refractivity contribution in [1.29, 1.82) is 0 Å². The lowest BCUT2D eigenvalue weighted by atomic mass is 9.79. The number of amides is 1. The molecule has 0 atom stereocenters. The molecule has 2 aromatic rings. The van der Waals surface area contributed by atoms with E-state index in [0.29, 0.717) is 11.1 Å². The van der Waals surface area contributed by atoms with Gasteiger partial charge >= 0.3 is 0 Å². The molecule has 0 unspecified atom stereocenters. The van der Waals surface area contributed by atoms with Crippen molar-refractivity contribution in [1.82, 2.24) is 14.8 Å². The van der Waals surface area contributed by atoms with Crippen LogP contribution in [0.25, 0.3) is 0 Å². The average molecular weight is 303 g/mol. The van der Waals surface area contributed by atoms with Crippen molar-refractivity contribution in [2.24, 2.45) is 5.41 Å². The number of aromatic nitrogens is 1. The highest BCUT2D eigenvalue weighted by molar-refractivity contribution is 7.07. The molecule has 6 heteroatoms. The second-order valence-electron chi connectivity index (χ2n) is 6.13. The van der Waals surface area contributed by atoms with Gasteiger partial charge in [0.2, 0.25) is 0 Å². The van der Waals surface area contributed by atoms with E-state index in [1.807, 2.05) is 16.3 Å². The zero-order chi connectivity index (χ0) is 14.3. The second kappa shape index (κ2) is 4.96. The minimum absolute atomic E-state index is 0.0846. The third-order valence-electron chi connectivity index (χ3n) is 4.48. The van der Waals surface area contributed by atoms with Gasteiger partial charge in [-0.1, -0.05) is 0 Å². The van der Waals surface area contributed by atoms with Gasteiger partial charge in [-0.3, -0.25) is 9.69 Å². The molecule has 0 radical (unpaired) electrons. The summed E-state index contributed by atoms with van der Waals surface area (Å²) >= 11 is 1.47. The molecule has 0 saturated carbocycles. The Morgan fingerprint density at radius 2 is 2.33 bits per heavy atom. The number of thiazole rings is 1. The Morgan fingerprint density at radius 1 is 1.43 bits per heavy atom. The summed E-state index contributed by atoms with van der Waals surface area (Å²) in [7, 11) is 0. The summed E-state index contributed by atoms with van der Waals surface area (Å²) in [5.74, 6) is 0.0846. The van der Waals surface area contributed by atoms with E-state index in [9.17, 15) is 4.79 Å². The second-order valence-corrected chi connectivity index (χ2v) is 6.85. The van der Waals surface area contributed by atoms with Gasteiger partial charge in [-0.2, -0.15) is 0 Å². The molecule has 2 aliphatic rings. The summed E-state index contributed by atoms with van der Waals surface area (Å²) in [6, 6.07) is 2.01. The van der Waals surface area contributed by atoms with Crippen LogP contribution in [0.5, 0.6) is 0 Å². The van der Waals surface area contributed by atoms with Gasteiger partial charge in [-0.05, 0) is 12.5 Å². The van der Waals surface area contributed by atoms with Gasteiger partial charge in [-0.15, -0.1) is 11.3 Å². The molecule has 2 aromatic heterocycles.